The molecule has 2 bridgehead atoms. The van der Waals surface area contributed by atoms with Crippen LogP contribution in [0.15, 0.2) is 0 Å². The number of carbonyl (C=O) groups is 11. The van der Waals surface area contributed by atoms with Gasteiger partial charge in [0.25, 0.3) is 0 Å². The lowest BCUT2D eigenvalue weighted by Crippen LogP contribution is -2.68. The number of hydrogen-bond acceptors (Lipinski definition) is 15. The summed E-state index contributed by atoms with van der Waals surface area (Å²) in [6, 6.07) is -10.9. The number of halogens is 8. The first-order valence-electron chi connectivity index (χ1n) is 39.8. The van der Waals surface area contributed by atoms with Crippen LogP contribution in [0.4, 0.5) is 35.1 Å². The van der Waals surface area contributed by atoms with E-state index in [1.807, 2.05) is 13.8 Å². The molecule has 4 aliphatic carbocycles. The molecule has 11 amide bonds. The van der Waals surface area contributed by atoms with Gasteiger partial charge >= 0.3 is 12.4 Å². The first-order valence-corrected chi connectivity index (χ1v) is 39.8. The van der Waals surface area contributed by atoms with E-state index in [1.54, 1.807) is 13.8 Å². The van der Waals surface area contributed by atoms with Crippen LogP contribution >= 0.6 is 0 Å². The van der Waals surface area contributed by atoms with E-state index in [2.05, 4.69) is 16.0 Å². The molecule has 4 aliphatic heterocycles. The third kappa shape index (κ3) is 21.5. The van der Waals surface area contributed by atoms with Crippen molar-refractivity contribution in [1.29, 1.82) is 0 Å². The lowest BCUT2D eigenvalue weighted by atomic mass is 9.74. The normalized spacial score (nSPS) is 33.7. The minimum Gasteiger partial charge on any atom is -0.380 e. The quantitative estimate of drug-likeness (QED) is 0.169. The van der Waals surface area contributed by atoms with Gasteiger partial charge in [-0.3, -0.25) is 57.6 Å². The standard InChI is InChI=1S/C76H120F8N12O14/c1-12-45(4)63-71(106)89(6)43-61(99)90(7)54-21-14-13-17-30-95(70(54)105)58(38-46-22-25-49(26-23-46)75(79,80)81)68(103)88(5)42-59(97)85-53(27-24-47-36-51(77)62(52(78)37-47)76(82,83)84)67(102)96-41-50(109-11)39-56(96)66(101)87-74(28-18-29-74)73(108)93(10)64(48-19-15-16-20-48)72(107)92(9)57(69(104)94-31-33-110-34-32-94)40-60(98)91(8)55(35-44(2)3)65(100)86-63/h44-58,62-64,70,105H,12-43H2,1-11H3,(H,85,97)(H,86,100)(H,87,101)/t45-,46?,47?,49?,50+,51?,52?,53-,54-,55-,56-,57-,58-,62?,63-,64-,70?/m0/s1. The van der Waals surface area contributed by atoms with Crippen LogP contribution < -0.4 is 16.0 Å². The minimum atomic E-state index is -5.21. The van der Waals surface area contributed by atoms with Crippen molar-refractivity contribution in [3.05, 3.63) is 0 Å². The van der Waals surface area contributed by atoms with E-state index in [9.17, 15) is 45.8 Å². The second kappa shape index (κ2) is 38.5. The number of hydrogen-bond donors (Lipinski definition) is 4. The Morgan fingerprint density at radius 1 is 0.645 bits per heavy atom. The van der Waals surface area contributed by atoms with Crippen LogP contribution in [0.25, 0.3) is 0 Å². The van der Waals surface area contributed by atoms with Crippen LogP contribution in [0.3, 0.4) is 0 Å². The molecule has 4 saturated heterocycles. The molecule has 0 radical (unpaired) electrons. The highest BCUT2D eigenvalue weighted by molar-refractivity contribution is 6.00. The summed E-state index contributed by atoms with van der Waals surface area (Å²) in [5.74, 6) is -15.8. The average molecular weight is 1580 g/mol. The SMILES string of the molecule is CC[C@H](C)[C@@H]1NC(=O)[C@H](CC(C)C)N(C)C(=O)C[C@@H](C(=O)N2CCOCC2)N(C)C(=O)[C@H](C2CCCC2)N(C)C(=O)C2(CCC2)NC(=O)[C@@H]2C[C@@H](OC)CN2C(=O)[C@H](CCC2CC(F)C(C(F)(F)F)C(F)C2)NC(=O)CN(C)C(=O)[C@H](CC2CCC(C(F)(F)F)CC2)N2CCCCC[C@@H](C2O)N(C)C(=O)CN(C)C1=O. The van der Waals surface area contributed by atoms with E-state index in [-0.39, 0.29) is 116 Å². The number of aliphatic hydroxyl groups excluding tert-OH is 1. The van der Waals surface area contributed by atoms with Crippen LogP contribution in [-0.2, 0) is 62.2 Å². The maximum absolute atomic E-state index is 15.7. The summed E-state index contributed by atoms with van der Waals surface area (Å²) < 4.78 is 127. The molecular formula is C76H120F8N12O14. The second-order valence-corrected chi connectivity index (χ2v) is 33.2. The molecule has 26 nitrogen and oxygen atoms in total. The summed E-state index contributed by atoms with van der Waals surface area (Å²) in [5.41, 5.74) is -1.69. The van der Waals surface area contributed by atoms with Crippen LogP contribution in [0.1, 0.15) is 182 Å². The first-order chi connectivity index (χ1) is 51.7. The van der Waals surface area contributed by atoms with Gasteiger partial charge in [-0.1, -0.05) is 59.8 Å². The maximum atomic E-state index is 15.7. The number of rotatable bonds is 12. The topological polar surface area (TPSA) is 292 Å². The Labute approximate surface area is 641 Å². The zero-order valence-corrected chi connectivity index (χ0v) is 65.9. The predicted molar refractivity (Wildman–Crippen MR) is 386 cm³/mol. The van der Waals surface area contributed by atoms with Gasteiger partial charge < -0.3 is 69.7 Å². The van der Waals surface area contributed by atoms with Gasteiger partial charge in [-0.25, -0.2) is 8.78 Å². The van der Waals surface area contributed by atoms with Crippen molar-refractivity contribution in [1.82, 2.24) is 60.0 Å². The third-order valence-corrected chi connectivity index (χ3v) is 25.2. The molecule has 624 valence electrons. The van der Waals surface area contributed by atoms with E-state index >= 15 is 47.1 Å². The van der Waals surface area contributed by atoms with Gasteiger partial charge in [-0.2, -0.15) is 26.3 Å². The molecule has 0 aromatic heterocycles. The van der Waals surface area contributed by atoms with Crippen molar-refractivity contribution in [2.24, 2.45) is 41.4 Å². The number of ether oxygens (including phenoxy) is 2. The maximum Gasteiger partial charge on any atom is 0.397 e. The Balaban J connectivity index is 1.20. The van der Waals surface area contributed by atoms with Crippen molar-refractivity contribution >= 4 is 65.0 Å². The molecule has 4 saturated carbocycles. The smallest absolute Gasteiger partial charge is 0.380 e. The van der Waals surface area contributed by atoms with Crippen molar-refractivity contribution < 1.29 is 102 Å². The largest absolute Gasteiger partial charge is 0.397 e. The van der Waals surface area contributed by atoms with Gasteiger partial charge in [-0.05, 0) is 139 Å². The van der Waals surface area contributed by atoms with Gasteiger partial charge in [0, 0.05) is 82.0 Å². The Hall–Kier alpha value is -6.55. The minimum absolute atomic E-state index is 0.0200. The fourth-order valence-corrected chi connectivity index (χ4v) is 18.0. The second-order valence-electron chi connectivity index (χ2n) is 33.2. The molecule has 34 heteroatoms. The predicted octanol–water partition coefficient (Wildman–Crippen LogP) is 5.75. The number of alkyl halides is 8. The van der Waals surface area contributed by atoms with Crippen LogP contribution in [-0.4, -0.2) is 307 Å². The summed E-state index contributed by atoms with van der Waals surface area (Å²) in [6.45, 7) is 6.00. The number of fused-ring (bicyclic) bond motifs is 3. The lowest BCUT2D eigenvalue weighted by molar-refractivity contribution is -0.219. The van der Waals surface area contributed by atoms with Crippen molar-refractivity contribution in [2.45, 2.75) is 273 Å². The number of morpholine rings is 1. The van der Waals surface area contributed by atoms with Crippen molar-refractivity contribution in [3.8, 4) is 0 Å². The summed E-state index contributed by atoms with van der Waals surface area (Å²) in [4.78, 5) is 178. The van der Waals surface area contributed by atoms with E-state index in [4.69, 9.17) is 9.47 Å². The Morgan fingerprint density at radius 3 is 1.84 bits per heavy atom. The van der Waals surface area contributed by atoms with E-state index in [0.29, 0.717) is 57.8 Å². The summed E-state index contributed by atoms with van der Waals surface area (Å²) in [5, 5.41) is 21.2. The molecule has 8 fully saturated rings. The van der Waals surface area contributed by atoms with Gasteiger partial charge in [0.2, 0.25) is 65.0 Å². The Kier molecular flexibility index (Phi) is 31.2. The van der Waals surface area contributed by atoms with Crippen LogP contribution in [0.5, 0.6) is 0 Å². The molecule has 0 aromatic rings. The van der Waals surface area contributed by atoms with Crippen molar-refractivity contribution in [3.63, 3.8) is 0 Å². The van der Waals surface area contributed by atoms with E-state index in [1.165, 1.54) is 78.8 Å². The fourth-order valence-electron chi connectivity index (χ4n) is 18.0. The van der Waals surface area contributed by atoms with Gasteiger partial charge in [0.15, 0.2) is 0 Å². The number of carbonyl (C=O) groups excluding carboxylic acids is 11. The zero-order valence-electron chi connectivity index (χ0n) is 65.9. The number of likely N-dealkylation sites (N-methyl/N-ethyl adjacent to an activating group) is 6. The van der Waals surface area contributed by atoms with Crippen LogP contribution in [0.2, 0.25) is 0 Å². The first kappa shape index (κ1) is 89.0. The monoisotopic (exact) mass is 1580 g/mol. The summed E-state index contributed by atoms with van der Waals surface area (Å²) in [6.07, 6.45) is -16.4. The number of amides is 11. The van der Waals surface area contributed by atoms with Gasteiger partial charge in [0.1, 0.15) is 66.3 Å². The number of nitrogens with one attached hydrogen (secondary N) is 3. The molecule has 4 unspecified atom stereocenters. The number of aliphatic hydroxyl groups is 1. The third-order valence-electron chi connectivity index (χ3n) is 25.2. The molecular weight excluding hydrogens is 1460 g/mol. The zero-order chi connectivity index (χ0) is 81.2. The van der Waals surface area contributed by atoms with E-state index < -0.39 is 230 Å². The fraction of sp³-hybridized carbons (Fsp3) is 0.855. The molecule has 14 atom stereocenters. The van der Waals surface area contributed by atoms with Crippen molar-refractivity contribution in [2.75, 3.05) is 102 Å². The molecule has 0 aromatic carbocycles. The highest BCUT2D eigenvalue weighted by atomic mass is 19.4. The van der Waals surface area contributed by atoms with Gasteiger partial charge in [0.05, 0.1) is 56.8 Å². The lowest BCUT2D eigenvalue weighted by Gasteiger charge is -2.47. The molecule has 1 spiro atoms. The molecule has 4 N–H and O–H groups in total. The summed E-state index contributed by atoms with van der Waals surface area (Å²) in [7, 11) is 9.55. The molecule has 4 heterocycles. The molecule has 8 rings (SSSR count). The van der Waals surface area contributed by atoms with E-state index in [0.717, 1.165) is 14.7 Å². The Morgan fingerprint density at radius 2 is 1.26 bits per heavy atom. The number of methoxy groups -OCH3 is 1. The molecule has 8 aliphatic rings. The average Bonchev–Trinajstić information content (AvgIpc) is 1.15. The van der Waals surface area contributed by atoms with Crippen LogP contribution in [0, 0.1) is 41.4 Å². The Bertz CT molecular complexity index is 3200. The highest BCUT2D eigenvalue weighted by Crippen LogP contribution is 2.46. The molecule has 110 heavy (non-hydrogen) atoms. The summed E-state index contributed by atoms with van der Waals surface area (Å²) >= 11 is 0. The van der Waals surface area contributed by atoms with Gasteiger partial charge in [-0.15, -0.1) is 0 Å². The highest BCUT2D eigenvalue weighted by Gasteiger charge is 2.56. The number of nitrogens with zero attached hydrogens (tertiary/aromatic N) is 9.